The van der Waals surface area contributed by atoms with E-state index in [1.165, 1.54) is 37.5 Å². The number of carbonyl (C=O) groups is 1. The summed E-state index contributed by atoms with van der Waals surface area (Å²) in [6.07, 6.45) is 0.865. The van der Waals surface area contributed by atoms with Crippen LogP contribution in [0.3, 0.4) is 0 Å². The number of hydrogen-bond acceptors (Lipinski definition) is 6. The number of nitrogens with zero attached hydrogens (tertiary/aromatic N) is 3. The molecule has 2 aromatic carbocycles. The molecule has 1 aliphatic carbocycles. The van der Waals surface area contributed by atoms with E-state index in [1.54, 1.807) is 18.2 Å². The first kappa shape index (κ1) is 20.6. The first-order chi connectivity index (χ1) is 14.9. The van der Waals surface area contributed by atoms with Gasteiger partial charge in [0.05, 0.1) is 6.20 Å². The van der Waals surface area contributed by atoms with E-state index in [1.807, 2.05) is 0 Å². The van der Waals surface area contributed by atoms with Crippen molar-refractivity contribution in [2.24, 2.45) is 0 Å². The van der Waals surface area contributed by atoms with E-state index in [4.69, 9.17) is 0 Å². The predicted octanol–water partition coefficient (Wildman–Crippen LogP) is 3.22. The summed E-state index contributed by atoms with van der Waals surface area (Å²) in [4.78, 5) is 16.0. The molecule has 9 heteroatoms. The van der Waals surface area contributed by atoms with Crippen LogP contribution in [-0.4, -0.2) is 46.0 Å². The average Bonchev–Trinajstić information content (AvgIpc) is 2.76. The highest BCUT2D eigenvalue weighted by molar-refractivity contribution is 5.95. The topological polar surface area (TPSA) is 100 Å². The maximum atomic E-state index is 14.3. The number of nitrogens with one attached hydrogen (secondary N) is 2. The van der Waals surface area contributed by atoms with Gasteiger partial charge in [-0.05, 0) is 42.7 Å². The number of benzene rings is 2. The highest BCUT2D eigenvalue weighted by atomic mass is 19.1. The van der Waals surface area contributed by atoms with E-state index in [0.717, 1.165) is 0 Å². The van der Waals surface area contributed by atoms with Crippen molar-refractivity contribution < 1.29 is 18.7 Å². The molecule has 4 rings (SSSR count). The van der Waals surface area contributed by atoms with Crippen molar-refractivity contribution in [2.45, 2.75) is 24.4 Å². The van der Waals surface area contributed by atoms with Gasteiger partial charge in [-0.25, -0.2) is 13.8 Å². The van der Waals surface area contributed by atoms with Gasteiger partial charge in [0, 0.05) is 30.1 Å². The maximum absolute atomic E-state index is 14.3. The number of anilines is 1. The van der Waals surface area contributed by atoms with Gasteiger partial charge < -0.3 is 15.7 Å². The number of phenolic OH excluding ortho intramolecular Hbond substituents is 1. The highest BCUT2D eigenvalue weighted by Crippen LogP contribution is 2.46. The van der Waals surface area contributed by atoms with Gasteiger partial charge in [0.1, 0.15) is 23.4 Å². The molecule has 1 aromatic heterocycles. The minimum atomic E-state index is -0.974. The molecule has 7 nitrogen and oxygen atoms in total. The number of phenols is 1. The summed E-state index contributed by atoms with van der Waals surface area (Å²) in [7, 11) is 1.51. The fourth-order valence-electron chi connectivity index (χ4n) is 3.89. The lowest BCUT2D eigenvalue weighted by molar-refractivity contribution is 0.0962. The summed E-state index contributed by atoms with van der Waals surface area (Å²) in [6, 6.07) is 10.8. The summed E-state index contributed by atoms with van der Waals surface area (Å²) in [5.41, 5.74) is 0.751. The van der Waals surface area contributed by atoms with Crippen molar-refractivity contribution in [3.8, 4) is 17.0 Å². The van der Waals surface area contributed by atoms with Crippen LogP contribution >= 0.6 is 0 Å². The molecule has 0 bridgehead atoms. The molecule has 0 spiro atoms. The normalized spacial score (nSPS) is 20.0. The molecule has 0 radical (unpaired) electrons. The molecule has 31 heavy (non-hydrogen) atoms. The lowest BCUT2D eigenvalue weighted by atomic mass is 9.63. The molecular formula is C22H21F2N5O2. The second kappa shape index (κ2) is 8.25. The number of aromatic nitrogens is 3. The summed E-state index contributed by atoms with van der Waals surface area (Å²) in [6.45, 7) is 0.257. The first-order valence-electron chi connectivity index (χ1n) is 9.80. The van der Waals surface area contributed by atoms with Gasteiger partial charge in [-0.2, -0.15) is 0 Å². The molecular weight excluding hydrogens is 404 g/mol. The van der Waals surface area contributed by atoms with Crippen molar-refractivity contribution in [3.63, 3.8) is 0 Å². The van der Waals surface area contributed by atoms with Crippen LogP contribution in [0.1, 0.15) is 28.8 Å². The van der Waals surface area contributed by atoms with Gasteiger partial charge >= 0.3 is 0 Å². The quantitative estimate of drug-likeness (QED) is 0.561. The maximum Gasteiger partial charge on any atom is 0.251 e. The molecule has 1 amide bonds. The Morgan fingerprint density at radius 2 is 2.00 bits per heavy atom. The number of halogens is 2. The molecule has 1 saturated carbocycles. The van der Waals surface area contributed by atoms with Gasteiger partial charge in [-0.1, -0.05) is 18.2 Å². The third kappa shape index (κ3) is 4.03. The fraction of sp³-hybridized carbons (Fsp3) is 0.273. The van der Waals surface area contributed by atoms with Crippen molar-refractivity contribution in [3.05, 3.63) is 65.6 Å². The largest absolute Gasteiger partial charge is 0.507 e. The summed E-state index contributed by atoms with van der Waals surface area (Å²) >= 11 is 0. The van der Waals surface area contributed by atoms with Gasteiger partial charge in [-0.15, -0.1) is 10.2 Å². The Kier molecular flexibility index (Phi) is 5.50. The van der Waals surface area contributed by atoms with Gasteiger partial charge in [0.25, 0.3) is 5.91 Å². The molecule has 0 atom stereocenters. The summed E-state index contributed by atoms with van der Waals surface area (Å²) in [5.74, 6) is -0.530. The molecule has 1 heterocycles. The van der Waals surface area contributed by atoms with Crippen LogP contribution in [0.15, 0.2) is 48.7 Å². The molecule has 3 N–H and O–H groups in total. The van der Waals surface area contributed by atoms with Crippen molar-refractivity contribution in [1.29, 1.82) is 0 Å². The Morgan fingerprint density at radius 1 is 1.23 bits per heavy atom. The van der Waals surface area contributed by atoms with Crippen LogP contribution in [-0.2, 0) is 5.41 Å². The highest BCUT2D eigenvalue weighted by Gasteiger charge is 2.47. The predicted molar refractivity (Wildman–Crippen MR) is 111 cm³/mol. The van der Waals surface area contributed by atoms with Crippen molar-refractivity contribution in [1.82, 2.24) is 20.5 Å². The van der Waals surface area contributed by atoms with Crippen LogP contribution in [0.25, 0.3) is 11.3 Å². The SMILES string of the molecule is CNC(=O)c1ccc(O)c(-c2cnc(NCC3(c4ccccc4F)CC(F)C3)nn2)c1. The minimum Gasteiger partial charge on any atom is -0.507 e. The third-order valence-electron chi connectivity index (χ3n) is 5.58. The summed E-state index contributed by atoms with van der Waals surface area (Å²) < 4.78 is 28.0. The van der Waals surface area contributed by atoms with Crippen LogP contribution in [0, 0.1) is 5.82 Å². The Balaban J connectivity index is 1.52. The zero-order chi connectivity index (χ0) is 22.0. The van der Waals surface area contributed by atoms with E-state index in [2.05, 4.69) is 25.8 Å². The third-order valence-corrected chi connectivity index (χ3v) is 5.58. The van der Waals surface area contributed by atoms with Crippen molar-refractivity contribution >= 4 is 11.9 Å². The van der Waals surface area contributed by atoms with Gasteiger partial charge in [-0.3, -0.25) is 4.79 Å². The Morgan fingerprint density at radius 3 is 2.65 bits per heavy atom. The van der Waals surface area contributed by atoms with Gasteiger partial charge in [0.2, 0.25) is 5.95 Å². The lowest BCUT2D eigenvalue weighted by Crippen LogP contribution is -2.48. The Labute approximate surface area is 177 Å². The Hall–Kier alpha value is -3.62. The zero-order valence-corrected chi connectivity index (χ0v) is 16.8. The van der Waals surface area contributed by atoms with E-state index < -0.39 is 11.6 Å². The van der Waals surface area contributed by atoms with Crippen molar-refractivity contribution in [2.75, 3.05) is 18.9 Å². The van der Waals surface area contributed by atoms with Crippen LogP contribution in [0.2, 0.25) is 0 Å². The second-order valence-electron chi connectivity index (χ2n) is 7.60. The summed E-state index contributed by atoms with van der Waals surface area (Å²) in [5, 5.41) is 23.7. The molecule has 0 unspecified atom stereocenters. The molecule has 1 aliphatic rings. The monoisotopic (exact) mass is 425 g/mol. The van der Waals surface area contributed by atoms with Crippen LogP contribution < -0.4 is 10.6 Å². The van der Waals surface area contributed by atoms with E-state index in [0.29, 0.717) is 16.7 Å². The minimum absolute atomic E-state index is 0.0635. The van der Waals surface area contributed by atoms with E-state index in [9.17, 15) is 18.7 Å². The van der Waals surface area contributed by atoms with E-state index in [-0.39, 0.29) is 48.5 Å². The lowest BCUT2D eigenvalue weighted by Gasteiger charge is -2.44. The standard InChI is InChI=1S/C22H21F2N5O2/c1-25-20(31)13-6-7-19(30)15(8-13)18-11-26-21(29-28-18)27-12-22(9-14(23)10-22)16-4-2-3-5-17(16)24/h2-8,11,14,30H,9-10,12H2,1H3,(H,25,31)(H,26,27,29). The van der Waals surface area contributed by atoms with Crippen LogP contribution in [0.5, 0.6) is 5.75 Å². The number of hydrogen-bond donors (Lipinski definition) is 3. The zero-order valence-electron chi connectivity index (χ0n) is 16.8. The van der Waals surface area contributed by atoms with Crippen LogP contribution in [0.4, 0.5) is 14.7 Å². The molecule has 3 aromatic rings. The van der Waals surface area contributed by atoms with Gasteiger partial charge in [0.15, 0.2) is 0 Å². The number of carbonyl (C=O) groups excluding carboxylic acids is 1. The molecule has 1 fully saturated rings. The number of alkyl halides is 1. The number of rotatable bonds is 6. The number of amides is 1. The molecule has 160 valence electrons. The molecule has 0 aliphatic heterocycles. The first-order valence-corrected chi connectivity index (χ1v) is 9.80. The Bertz CT molecular complexity index is 1100. The molecule has 0 saturated heterocycles. The number of aromatic hydroxyl groups is 1. The second-order valence-corrected chi connectivity index (χ2v) is 7.60. The smallest absolute Gasteiger partial charge is 0.251 e. The fourth-order valence-corrected chi connectivity index (χ4v) is 3.89. The van der Waals surface area contributed by atoms with E-state index >= 15 is 0 Å². The average molecular weight is 425 g/mol.